The molecule has 8 nitrogen and oxygen atoms in total. The fourth-order valence-corrected chi connectivity index (χ4v) is 3.31. The smallest absolute Gasteiger partial charge is 0.221 e. The van der Waals surface area contributed by atoms with Gasteiger partial charge >= 0.3 is 0 Å². The van der Waals surface area contributed by atoms with E-state index in [1.807, 2.05) is 20.0 Å². The van der Waals surface area contributed by atoms with E-state index >= 15 is 0 Å². The number of ketones is 1. The summed E-state index contributed by atoms with van der Waals surface area (Å²) in [5.41, 5.74) is 1.44. The lowest BCUT2D eigenvalue weighted by Gasteiger charge is -2.08. The lowest BCUT2D eigenvalue weighted by molar-refractivity contribution is -0.114. The molecular formula is C18H18N4O4S. The largest absolute Gasteiger partial charge is 0.506 e. The van der Waals surface area contributed by atoms with Crippen molar-refractivity contribution in [1.29, 1.82) is 0 Å². The summed E-state index contributed by atoms with van der Waals surface area (Å²) >= 11 is 1.26. The highest BCUT2D eigenvalue weighted by Gasteiger charge is 2.17. The summed E-state index contributed by atoms with van der Waals surface area (Å²) in [6.45, 7) is 3.18. The van der Waals surface area contributed by atoms with Crippen LogP contribution in [-0.4, -0.2) is 37.3 Å². The van der Waals surface area contributed by atoms with Crippen LogP contribution in [0.5, 0.6) is 5.75 Å². The van der Waals surface area contributed by atoms with Gasteiger partial charge in [0.2, 0.25) is 5.91 Å². The van der Waals surface area contributed by atoms with E-state index in [1.165, 1.54) is 36.9 Å². The standard InChI is InChI=1S/C18H18N4O4S/c1-10-13(6-7-26-10)17-20-21-18(22(17)3)27-9-16(25)12-4-5-15(24)14(8-12)19-11(2)23/h4-8,24H,9H2,1-3H3,(H,19,23). The molecule has 0 bridgehead atoms. The monoisotopic (exact) mass is 386 g/mol. The van der Waals surface area contributed by atoms with Crippen LogP contribution < -0.4 is 5.32 Å². The van der Waals surface area contributed by atoms with Gasteiger partial charge in [-0.15, -0.1) is 10.2 Å². The third-order valence-corrected chi connectivity index (χ3v) is 4.92. The van der Waals surface area contributed by atoms with E-state index in [4.69, 9.17) is 4.42 Å². The van der Waals surface area contributed by atoms with Crippen molar-refractivity contribution in [3.8, 4) is 17.1 Å². The average Bonchev–Trinajstić information content (AvgIpc) is 3.19. The average molecular weight is 386 g/mol. The van der Waals surface area contributed by atoms with Crippen LogP contribution in [0.1, 0.15) is 23.0 Å². The SMILES string of the molecule is CC(=O)Nc1cc(C(=O)CSc2nnc(-c3ccoc3C)n2C)ccc1O. The second kappa shape index (κ2) is 7.67. The summed E-state index contributed by atoms with van der Waals surface area (Å²) in [5, 5.41) is 21.2. The number of carbonyl (C=O) groups excluding carboxylic acids is 2. The van der Waals surface area contributed by atoms with E-state index in [0.717, 1.165) is 11.3 Å². The lowest BCUT2D eigenvalue weighted by atomic mass is 10.1. The molecule has 140 valence electrons. The van der Waals surface area contributed by atoms with Crippen molar-refractivity contribution >= 4 is 29.1 Å². The van der Waals surface area contributed by atoms with E-state index in [2.05, 4.69) is 15.5 Å². The van der Waals surface area contributed by atoms with E-state index < -0.39 is 0 Å². The molecule has 0 fully saturated rings. The maximum Gasteiger partial charge on any atom is 0.221 e. The quantitative estimate of drug-likeness (QED) is 0.381. The van der Waals surface area contributed by atoms with Gasteiger partial charge in [-0.25, -0.2) is 0 Å². The van der Waals surface area contributed by atoms with Gasteiger partial charge in [0.15, 0.2) is 16.8 Å². The van der Waals surface area contributed by atoms with Crippen LogP contribution >= 0.6 is 11.8 Å². The number of benzene rings is 1. The number of amides is 1. The fourth-order valence-electron chi connectivity index (χ4n) is 2.50. The van der Waals surface area contributed by atoms with Crippen LogP contribution in [-0.2, 0) is 11.8 Å². The van der Waals surface area contributed by atoms with Crippen molar-refractivity contribution in [2.75, 3.05) is 11.1 Å². The molecule has 2 aromatic heterocycles. The molecule has 0 atom stereocenters. The molecule has 9 heteroatoms. The van der Waals surface area contributed by atoms with Crippen LogP contribution in [0.4, 0.5) is 5.69 Å². The summed E-state index contributed by atoms with van der Waals surface area (Å²) < 4.78 is 7.10. The number of aromatic hydroxyl groups is 1. The number of aryl methyl sites for hydroxylation is 1. The molecule has 0 unspecified atom stereocenters. The van der Waals surface area contributed by atoms with Crippen LogP contribution in [0.2, 0.25) is 0 Å². The van der Waals surface area contributed by atoms with Gasteiger partial charge in [-0.3, -0.25) is 9.59 Å². The Balaban J connectivity index is 1.72. The number of nitrogens with one attached hydrogen (secondary N) is 1. The normalized spacial score (nSPS) is 10.8. The van der Waals surface area contributed by atoms with Crippen molar-refractivity contribution in [3.63, 3.8) is 0 Å². The molecule has 0 aliphatic rings. The van der Waals surface area contributed by atoms with E-state index in [-0.39, 0.29) is 28.9 Å². The maximum atomic E-state index is 12.5. The summed E-state index contributed by atoms with van der Waals surface area (Å²) in [6.07, 6.45) is 1.59. The van der Waals surface area contributed by atoms with Gasteiger partial charge in [0.1, 0.15) is 11.5 Å². The predicted octanol–water partition coefficient (Wildman–Crippen LogP) is 3.02. The molecule has 1 aromatic carbocycles. The van der Waals surface area contributed by atoms with Crippen molar-refractivity contribution in [2.24, 2.45) is 7.05 Å². The number of furan rings is 1. The summed E-state index contributed by atoms with van der Waals surface area (Å²) in [5.74, 6) is 0.964. The molecule has 27 heavy (non-hydrogen) atoms. The third kappa shape index (κ3) is 4.03. The molecule has 3 rings (SSSR count). The topological polar surface area (TPSA) is 110 Å². The fraction of sp³-hybridized carbons (Fsp3) is 0.222. The Morgan fingerprint density at radius 1 is 1.30 bits per heavy atom. The zero-order valence-corrected chi connectivity index (χ0v) is 15.8. The minimum Gasteiger partial charge on any atom is -0.506 e. The first-order valence-electron chi connectivity index (χ1n) is 8.07. The molecule has 2 N–H and O–H groups in total. The predicted molar refractivity (Wildman–Crippen MR) is 101 cm³/mol. The molecule has 0 radical (unpaired) electrons. The Hall–Kier alpha value is -3.07. The Kier molecular flexibility index (Phi) is 5.31. The minimum absolute atomic E-state index is 0.0946. The highest BCUT2D eigenvalue weighted by Crippen LogP contribution is 2.28. The van der Waals surface area contributed by atoms with Crippen LogP contribution in [0.15, 0.2) is 40.1 Å². The third-order valence-electron chi connectivity index (χ3n) is 3.90. The first kappa shape index (κ1) is 18.7. The zero-order chi connectivity index (χ0) is 19.6. The molecule has 0 aliphatic heterocycles. The molecule has 2 heterocycles. The molecule has 0 saturated heterocycles. The second-order valence-corrected chi connectivity index (χ2v) is 6.82. The molecule has 0 saturated carbocycles. The zero-order valence-electron chi connectivity index (χ0n) is 15.0. The maximum absolute atomic E-state index is 12.5. The first-order chi connectivity index (χ1) is 12.9. The number of nitrogens with zero attached hydrogens (tertiary/aromatic N) is 3. The highest BCUT2D eigenvalue weighted by molar-refractivity contribution is 7.99. The van der Waals surface area contributed by atoms with Crippen molar-refractivity contribution in [1.82, 2.24) is 14.8 Å². The van der Waals surface area contributed by atoms with Gasteiger partial charge in [-0.05, 0) is 31.2 Å². The Labute approximate surface area is 159 Å². The summed E-state index contributed by atoms with van der Waals surface area (Å²) in [6, 6.07) is 6.17. The highest BCUT2D eigenvalue weighted by atomic mass is 32.2. The second-order valence-electron chi connectivity index (χ2n) is 5.88. The molecular weight excluding hydrogens is 368 g/mol. The Morgan fingerprint density at radius 3 is 2.74 bits per heavy atom. The van der Waals surface area contributed by atoms with E-state index in [0.29, 0.717) is 16.5 Å². The van der Waals surface area contributed by atoms with Gasteiger partial charge in [-0.1, -0.05) is 11.8 Å². The number of anilines is 1. The van der Waals surface area contributed by atoms with Gasteiger partial charge in [0, 0.05) is 19.5 Å². The van der Waals surface area contributed by atoms with Gasteiger partial charge in [0.05, 0.1) is 23.3 Å². The Morgan fingerprint density at radius 2 is 2.07 bits per heavy atom. The number of phenols is 1. The summed E-state index contributed by atoms with van der Waals surface area (Å²) in [4.78, 5) is 23.7. The number of hydrogen-bond donors (Lipinski definition) is 2. The number of hydrogen-bond acceptors (Lipinski definition) is 7. The number of aromatic nitrogens is 3. The lowest BCUT2D eigenvalue weighted by Crippen LogP contribution is -2.08. The number of rotatable bonds is 6. The molecule has 0 aliphatic carbocycles. The number of phenolic OH excluding ortho intramolecular Hbond substituents is 1. The van der Waals surface area contributed by atoms with Crippen LogP contribution in [0, 0.1) is 6.92 Å². The van der Waals surface area contributed by atoms with Gasteiger partial charge < -0.3 is 19.4 Å². The van der Waals surface area contributed by atoms with Gasteiger partial charge in [-0.2, -0.15) is 0 Å². The van der Waals surface area contributed by atoms with Gasteiger partial charge in [0.25, 0.3) is 0 Å². The Bertz CT molecular complexity index is 1010. The first-order valence-corrected chi connectivity index (χ1v) is 9.06. The van der Waals surface area contributed by atoms with Crippen LogP contribution in [0.3, 0.4) is 0 Å². The van der Waals surface area contributed by atoms with Crippen molar-refractivity contribution in [2.45, 2.75) is 19.0 Å². The minimum atomic E-state index is -0.328. The number of thioether (sulfide) groups is 1. The van der Waals surface area contributed by atoms with E-state index in [9.17, 15) is 14.7 Å². The number of carbonyl (C=O) groups is 2. The molecule has 0 spiro atoms. The van der Waals surface area contributed by atoms with Crippen molar-refractivity contribution < 1.29 is 19.1 Å². The summed E-state index contributed by atoms with van der Waals surface area (Å²) in [7, 11) is 1.82. The molecule has 1 amide bonds. The van der Waals surface area contributed by atoms with Crippen molar-refractivity contribution in [3.05, 3.63) is 41.9 Å². The molecule has 3 aromatic rings. The number of Topliss-reactive ketones (excluding diaryl/α,β-unsaturated/α-hetero) is 1. The van der Waals surface area contributed by atoms with Crippen LogP contribution in [0.25, 0.3) is 11.4 Å². The van der Waals surface area contributed by atoms with E-state index in [1.54, 1.807) is 10.8 Å².